The van der Waals surface area contributed by atoms with Gasteiger partial charge in [0.2, 0.25) is 0 Å². The van der Waals surface area contributed by atoms with E-state index in [1.54, 1.807) is 16.8 Å². The predicted molar refractivity (Wildman–Crippen MR) is 88.5 cm³/mol. The molecule has 0 spiro atoms. The summed E-state index contributed by atoms with van der Waals surface area (Å²) in [4.78, 5) is 4.52. The van der Waals surface area contributed by atoms with Crippen LogP contribution in [0, 0.1) is 5.82 Å². The first kappa shape index (κ1) is 15.0. The monoisotopic (exact) mass is 362 g/mol. The molecule has 1 aromatic carbocycles. The number of hydrogen-bond acceptors (Lipinski definition) is 3. The second-order valence-corrected chi connectivity index (χ2v) is 6.10. The van der Waals surface area contributed by atoms with E-state index < -0.39 is 0 Å². The third-order valence-corrected chi connectivity index (χ3v) is 4.08. The molecule has 0 amide bonds. The minimum atomic E-state index is -0.141. The Morgan fingerprint density at radius 1 is 1.32 bits per heavy atom. The number of hydrogen-bond donors (Lipinski definition) is 1. The van der Waals surface area contributed by atoms with Crippen LogP contribution in [-0.2, 0) is 6.42 Å². The first-order chi connectivity index (χ1) is 10.6. The Bertz CT molecular complexity index is 787. The number of halogens is 2. The first-order valence-electron chi connectivity index (χ1n) is 7.13. The lowest BCUT2D eigenvalue weighted by Gasteiger charge is -2.14. The topological polar surface area (TPSA) is 42.2 Å². The molecule has 22 heavy (non-hydrogen) atoms. The fourth-order valence-electron chi connectivity index (χ4n) is 2.32. The van der Waals surface area contributed by atoms with Gasteiger partial charge in [0.15, 0.2) is 5.65 Å². The van der Waals surface area contributed by atoms with Gasteiger partial charge in [0.1, 0.15) is 11.6 Å². The van der Waals surface area contributed by atoms with Crippen LogP contribution in [0.1, 0.15) is 18.9 Å². The van der Waals surface area contributed by atoms with Crippen LogP contribution in [0.25, 0.3) is 5.65 Å². The van der Waals surface area contributed by atoms with E-state index in [4.69, 9.17) is 0 Å². The Labute approximate surface area is 136 Å². The molecule has 0 saturated heterocycles. The van der Waals surface area contributed by atoms with Crippen LogP contribution >= 0.6 is 15.9 Å². The minimum Gasteiger partial charge on any atom is -0.367 e. The molecule has 1 N–H and O–H groups in total. The fourth-order valence-corrected chi connectivity index (χ4v) is 2.68. The molecule has 4 nitrogen and oxygen atoms in total. The summed E-state index contributed by atoms with van der Waals surface area (Å²) in [5.74, 6) is 0.646. The highest BCUT2D eigenvalue weighted by Crippen LogP contribution is 2.18. The van der Waals surface area contributed by atoms with Crippen molar-refractivity contribution >= 4 is 27.4 Å². The van der Waals surface area contributed by atoms with Crippen molar-refractivity contribution in [2.45, 2.75) is 25.8 Å². The number of benzene rings is 1. The van der Waals surface area contributed by atoms with Gasteiger partial charge in [0.25, 0.3) is 0 Å². The number of fused-ring (bicyclic) bond motifs is 1. The highest BCUT2D eigenvalue weighted by Gasteiger charge is 2.08. The summed E-state index contributed by atoms with van der Waals surface area (Å²) < 4.78 is 16.2. The second-order valence-electron chi connectivity index (χ2n) is 5.25. The van der Waals surface area contributed by atoms with Crippen molar-refractivity contribution in [3.63, 3.8) is 0 Å². The molecule has 2 heterocycles. The predicted octanol–water partition coefficient (Wildman–Crippen LogP) is 4.06. The lowest BCUT2D eigenvalue weighted by Crippen LogP contribution is -2.17. The van der Waals surface area contributed by atoms with Gasteiger partial charge in [-0.15, -0.1) is 0 Å². The minimum absolute atomic E-state index is 0.141. The van der Waals surface area contributed by atoms with Gasteiger partial charge in [-0.2, -0.15) is 5.10 Å². The molecule has 0 aliphatic heterocycles. The van der Waals surface area contributed by atoms with Crippen LogP contribution in [-0.4, -0.2) is 20.6 Å². The average molecular weight is 363 g/mol. The van der Waals surface area contributed by atoms with Crippen LogP contribution < -0.4 is 5.32 Å². The molecular formula is C16H16BrFN4. The van der Waals surface area contributed by atoms with E-state index in [0.29, 0.717) is 6.42 Å². The zero-order valence-corrected chi connectivity index (χ0v) is 13.7. The summed E-state index contributed by atoms with van der Waals surface area (Å²) in [6.07, 6.45) is 5.10. The maximum absolute atomic E-state index is 13.6. The number of nitrogens with zero attached hydrogens (tertiary/aromatic N) is 3. The first-order valence-corrected chi connectivity index (χ1v) is 7.92. The van der Waals surface area contributed by atoms with E-state index in [2.05, 4.69) is 38.3 Å². The van der Waals surface area contributed by atoms with E-state index >= 15 is 0 Å². The molecule has 0 radical (unpaired) electrons. The normalized spacial score (nSPS) is 12.5. The Morgan fingerprint density at radius 3 is 2.95 bits per heavy atom. The molecule has 0 bridgehead atoms. The highest BCUT2D eigenvalue weighted by atomic mass is 79.9. The Balaban J connectivity index is 1.64. The van der Waals surface area contributed by atoms with Crippen LogP contribution in [0.2, 0.25) is 0 Å². The third-order valence-electron chi connectivity index (χ3n) is 3.52. The molecule has 0 aliphatic rings. The van der Waals surface area contributed by atoms with Gasteiger partial charge in [-0.3, -0.25) is 0 Å². The van der Waals surface area contributed by atoms with Crippen LogP contribution in [0.3, 0.4) is 0 Å². The molecule has 1 atom stereocenters. The molecule has 1 unspecified atom stereocenters. The standard InChI is InChI=1S/C16H16BrFN4/c1-11(6-7-12-4-2-3-5-14(12)18)20-15-8-9-22-16(21-15)13(17)10-19-22/h2-5,8-11H,6-7H2,1H3,(H,20,21). The van der Waals surface area contributed by atoms with Crippen molar-refractivity contribution in [2.24, 2.45) is 0 Å². The Kier molecular flexibility index (Phi) is 4.38. The molecule has 2 aromatic heterocycles. The van der Waals surface area contributed by atoms with E-state index in [0.717, 1.165) is 27.9 Å². The smallest absolute Gasteiger partial charge is 0.171 e. The van der Waals surface area contributed by atoms with Gasteiger partial charge in [-0.25, -0.2) is 13.9 Å². The quantitative estimate of drug-likeness (QED) is 0.743. The fraction of sp³-hybridized carbons (Fsp3) is 0.250. The lowest BCUT2D eigenvalue weighted by atomic mass is 10.1. The molecule has 6 heteroatoms. The van der Waals surface area contributed by atoms with Crippen molar-refractivity contribution in [2.75, 3.05) is 5.32 Å². The van der Waals surface area contributed by atoms with E-state index in [9.17, 15) is 4.39 Å². The summed E-state index contributed by atoms with van der Waals surface area (Å²) in [6, 6.07) is 8.98. The van der Waals surface area contributed by atoms with Crippen molar-refractivity contribution in [1.82, 2.24) is 14.6 Å². The van der Waals surface area contributed by atoms with E-state index in [1.807, 2.05) is 24.4 Å². The van der Waals surface area contributed by atoms with Crippen LogP contribution in [0.5, 0.6) is 0 Å². The maximum Gasteiger partial charge on any atom is 0.171 e. The summed E-state index contributed by atoms with van der Waals surface area (Å²) in [6.45, 7) is 2.07. The third kappa shape index (κ3) is 3.27. The number of rotatable bonds is 5. The zero-order valence-electron chi connectivity index (χ0n) is 12.1. The maximum atomic E-state index is 13.6. The summed E-state index contributed by atoms with van der Waals surface area (Å²) in [5, 5.41) is 7.51. The SMILES string of the molecule is CC(CCc1ccccc1F)Nc1ccn2ncc(Br)c2n1. The van der Waals surface area contributed by atoms with Crippen LogP contribution in [0.15, 0.2) is 47.2 Å². The molecule has 114 valence electrons. The van der Waals surface area contributed by atoms with Crippen molar-refractivity contribution < 1.29 is 4.39 Å². The number of aromatic nitrogens is 3. The Morgan fingerprint density at radius 2 is 2.14 bits per heavy atom. The zero-order chi connectivity index (χ0) is 15.5. The molecule has 3 rings (SSSR count). The van der Waals surface area contributed by atoms with Gasteiger partial charge in [-0.05, 0) is 53.4 Å². The number of nitrogens with one attached hydrogen (secondary N) is 1. The van der Waals surface area contributed by atoms with Crippen molar-refractivity contribution in [3.8, 4) is 0 Å². The number of anilines is 1. The van der Waals surface area contributed by atoms with Gasteiger partial charge in [0, 0.05) is 12.2 Å². The van der Waals surface area contributed by atoms with Gasteiger partial charge in [-0.1, -0.05) is 18.2 Å². The molecule has 0 fully saturated rings. The van der Waals surface area contributed by atoms with Gasteiger partial charge in [0.05, 0.1) is 10.7 Å². The largest absolute Gasteiger partial charge is 0.367 e. The average Bonchev–Trinajstić information content (AvgIpc) is 2.88. The summed E-state index contributed by atoms with van der Waals surface area (Å²) in [5.41, 5.74) is 1.52. The molecular weight excluding hydrogens is 347 g/mol. The van der Waals surface area contributed by atoms with Gasteiger partial charge < -0.3 is 5.32 Å². The number of aryl methyl sites for hydroxylation is 1. The summed E-state index contributed by atoms with van der Waals surface area (Å²) >= 11 is 3.42. The van der Waals surface area contributed by atoms with Crippen molar-refractivity contribution in [3.05, 3.63) is 58.6 Å². The molecule has 0 aliphatic carbocycles. The lowest BCUT2D eigenvalue weighted by molar-refractivity contribution is 0.596. The van der Waals surface area contributed by atoms with Gasteiger partial charge >= 0.3 is 0 Å². The summed E-state index contributed by atoms with van der Waals surface area (Å²) in [7, 11) is 0. The van der Waals surface area contributed by atoms with E-state index in [-0.39, 0.29) is 11.9 Å². The molecule has 0 saturated carbocycles. The van der Waals surface area contributed by atoms with Crippen molar-refractivity contribution in [1.29, 1.82) is 0 Å². The molecule has 3 aromatic rings. The van der Waals surface area contributed by atoms with Crippen LogP contribution in [0.4, 0.5) is 10.2 Å². The van der Waals surface area contributed by atoms with E-state index in [1.165, 1.54) is 6.07 Å². The highest BCUT2D eigenvalue weighted by molar-refractivity contribution is 9.10. The second kappa shape index (κ2) is 6.44. The Hall–Kier alpha value is -1.95.